The van der Waals surface area contributed by atoms with E-state index < -0.39 is 0 Å². The number of thiocyanates is 1. The molecule has 11 heavy (non-hydrogen) atoms. The van der Waals surface area contributed by atoms with E-state index in [-0.39, 0.29) is 0 Å². The third-order valence-electron chi connectivity index (χ3n) is 1.09. The fourth-order valence-corrected chi connectivity index (χ4v) is 1.12. The van der Waals surface area contributed by atoms with Crippen LogP contribution in [-0.4, -0.2) is 4.98 Å². The molecule has 1 aromatic heterocycles. The van der Waals surface area contributed by atoms with Gasteiger partial charge in [0, 0.05) is 11.9 Å². The van der Waals surface area contributed by atoms with Crippen LogP contribution >= 0.6 is 23.4 Å². The van der Waals surface area contributed by atoms with E-state index in [4.69, 9.17) is 16.9 Å². The normalized spacial score (nSPS) is 9.09. The first-order valence-electron chi connectivity index (χ1n) is 2.94. The lowest BCUT2D eigenvalue weighted by Gasteiger charge is -1.93. The number of thioether (sulfide) groups is 1. The Bertz CT molecular complexity index is 265. The van der Waals surface area contributed by atoms with Crippen LogP contribution in [0.25, 0.3) is 0 Å². The molecule has 0 radical (unpaired) electrons. The minimum absolute atomic E-state index is 0.482. The molecule has 1 rings (SSSR count). The molecule has 0 bridgehead atoms. The first-order chi connectivity index (χ1) is 5.33. The summed E-state index contributed by atoms with van der Waals surface area (Å²) in [5, 5.41) is 10.7. The number of hydrogen-bond donors (Lipinski definition) is 0. The number of rotatable bonds is 2. The van der Waals surface area contributed by atoms with Gasteiger partial charge >= 0.3 is 0 Å². The quantitative estimate of drug-likeness (QED) is 0.523. The van der Waals surface area contributed by atoms with Crippen molar-refractivity contribution >= 4 is 23.4 Å². The zero-order chi connectivity index (χ0) is 8.10. The summed E-state index contributed by atoms with van der Waals surface area (Å²) >= 11 is 6.75. The Balaban J connectivity index is 2.60. The van der Waals surface area contributed by atoms with Crippen molar-refractivity contribution in [3.8, 4) is 5.40 Å². The van der Waals surface area contributed by atoms with E-state index in [1.807, 2.05) is 11.5 Å². The van der Waals surface area contributed by atoms with Crippen molar-refractivity contribution in [2.75, 3.05) is 0 Å². The highest BCUT2D eigenvalue weighted by Crippen LogP contribution is 2.11. The highest BCUT2D eigenvalue weighted by atomic mass is 35.5. The summed E-state index contributed by atoms with van der Waals surface area (Å²) in [6.45, 7) is 0. The number of halogens is 1. The average Bonchev–Trinajstić information content (AvgIpc) is 2.04. The molecule has 4 heteroatoms. The fourth-order valence-electron chi connectivity index (χ4n) is 0.607. The summed E-state index contributed by atoms with van der Waals surface area (Å²) in [4.78, 5) is 3.87. The van der Waals surface area contributed by atoms with Crippen molar-refractivity contribution < 1.29 is 0 Å². The number of nitriles is 1. The zero-order valence-corrected chi connectivity index (χ0v) is 7.19. The molecule has 0 aliphatic carbocycles. The topological polar surface area (TPSA) is 36.7 Å². The van der Waals surface area contributed by atoms with Crippen LogP contribution in [0, 0.1) is 10.7 Å². The van der Waals surface area contributed by atoms with Crippen molar-refractivity contribution in [1.82, 2.24) is 4.98 Å². The van der Waals surface area contributed by atoms with Gasteiger partial charge in [-0.3, -0.25) is 0 Å². The molecule has 2 nitrogen and oxygen atoms in total. The highest BCUT2D eigenvalue weighted by Gasteiger charge is 1.92. The number of nitrogens with zero attached hydrogens (tertiary/aromatic N) is 2. The van der Waals surface area contributed by atoms with Crippen molar-refractivity contribution in [3.05, 3.63) is 29.0 Å². The van der Waals surface area contributed by atoms with E-state index in [1.165, 1.54) is 11.8 Å². The molecule has 0 unspecified atom stereocenters. The third kappa shape index (κ3) is 2.79. The monoisotopic (exact) mass is 184 g/mol. The molecule has 1 aromatic rings. The van der Waals surface area contributed by atoms with Crippen molar-refractivity contribution in [3.63, 3.8) is 0 Å². The van der Waals surface area contributed by atoms with Crippen molar-refractivity contribution in [2.24, 2.45) is 0 Å². The molecule has 0 N–H and O–H groups in total. The molecule has 1 heterocycles. The Hall–Kier alpha value is -0.720. The van der Waals surface area contributed by atoms with Gasteiger partial charge in [-0.25, -0.2) is 4.98 Å². The molecular weight excluding hydrogens is 180 g/mol. The van der Waals surface area contributed by atoms with Gasteiger partial charge < -0.3 is 0 Å². The minimum atomic E-state index is 0.482. The predicted octanol–water partition coefficient (Wildman–Crippen LogP) is 2.45. The number of pyridine rings is 1. The van der Waals surface area contributed by atoms with Crippen LogP contribution in [0.4, 0.5) is 0 Å². The van der Waals surface area contributed by atoms with Crippen LogP contribution in [0.1, 0.15) is 5.56 Å². The first kappa shape index (κ1) is 8.38. The maximum Gasteiger partial charge on any atom is 0.133 e. The van der Waals surface area contributed by atoms with Gasteiger partial charge in [-0.1, -0.05) is 17.7 Å². The molecule has 0 saturated carbocycles. The third-order valence-corrected chi connectivity index (χ3v) is 1.92. The Morgan fingerprint density at radius 1 is 1.64 bits per heavy atom. The largest absolute Gasteiger partial charge is 0.244 e. The Morgan fingerprint density at radius 2 is 2.45 bits per heavy atom. The molecule has 0 aliphatic rings. The molecule has 0 amide bonds. The van der Waals surface area contributed by atoms with Gasteiger partial charge in [0.15, 0.2) is 0 Å². The van der Waals surface area contributed by atoms with E-state index in [0.29, 0.717) is 10.9 Å². The summed E-state index contributed by atoms with van der Waals surface area (Å²) in [6.07, 6.45) is 1.67. The molecule has 0 spiro atoms. The smallest absolute Gasteiger partial charge is 0.133 e. The van der Waals surface area contributed by atoms with Crippen LogP contribution in [0.3, 0.4) is 0 Å². The predicted molar refractivity (Wildman–Crippen MR) is 46.2 cm³/mol. The Kier molecular flexibility index (Phi) is 3.21. The van der Waals surface area contributed by atoms with Gasteiger partial charge in [-0.15, -0.1) is 0 Å². The lowest BCUT2D eigenvalue weighted by atomic mass is 10.3. The summed E-state index contributed by atoms with van der Waals surface area (Å²) in [5.74, 6) is 0.667. The zero-order valence-electron chi connectivity index (χ0n) is 5.62. The van der Waals surface area contributed by atoms with E-state index in [2.05, 4.69) is 4.98 Å². The van der Waals surface area contributed by atoms with E-state index >= 15 is 0 Å². The lowest BCUT2D eigenvalue weighted by molar-refractivity contribution is 1.25. The maximum atomic E-state index is 8.25. The second-order valence-corrected chi connectivity index (χ2v) is 3.02. The van der Waals surface area contributed by atoms with E-state index in [0.717, 1.165) is 5.56 Å². The summed E-state index contributed by atoms with van der Waals surface area (Å²) in [7, 11) is 0. The molecule has 0 aliphatic heterocycles. The van der Waals surface area contributed by atoms with Gasteiger partial charge in [0.2, 0.25) is 0 Å². The molecule has 0 saturated heterocycles. The maximum absolute atomic E-state index is 8.25. The van der Waals surface area contributed by atoms with E-state index in [9.17, 15) is 0 Å². The lowest BCUT2D eigenvalue weighted by Crippen LogP contribution is -1.80. The average molecular weight is 185 g/mol. The molecule has 0 aromatic carbocycles. The Morgan fingerprint density at radius 3 is 3.00 bits per heavy atom. The van der Waals surface area contributed by atoms with Crippen LogP contribution in [-0.2, 0) is 5.75 Å². The molecule has 0 fully saturated rings. The van der Waals surface area contributed by atoms with Crippen LogP contribution in [0.15, 0.2) is 18.3 Å². The summed E-state index contributed by atoms with van der Waals surface area (Å²) < 4.78 is 0. The number of aromatic nitrogens is 1. The van der Waals surface area contributed by atoms with E-state index in [1.54, 1.807) is 12.3 Å². The Labute approximate surface area is 74.2 Å². The van der Waals surface area contributed by atoms with Gasteiger partial charge in [-0.05, 0) is 23.4 Å². The van der Waals surface area contributed by atoms with Crippen LogP contribution in [0.2, 0.25) is 5.15 Å². The second kappa shape index (κ2) is 4.22. The standard InChI is InChI=1S/C7H5ClN2S/c8-7-2-1-6(3-10-7)4-11-5-9/h1-3H,4H2. The molecule has 0 atom stereocenters. The van der Waals surface area contributed by atoms with Crippen LogP contribution < -0.4 is 0 Å². The SMILES string of the molecule is N#CSCc1ccc(Cl)nc1. The first-order valence-corrected chi connectivity index (χ1v) is 4.30. The fraction of sp³-hybridized carbons (Fsp3) is 0.143. The summed E-state index contributed by atoms with van der Waals surface area (Å²) in [5.41, 5.74) is 1.01. The molecular formula is C7H5ClN2S. The van der Waals surface area contributed by atoms with Crippen molar-refractivity contribution in [1.29, 1.82) is 5.26 Å². The van der Waals surface area contributed by atoms with Gasteiger partial charge in [0.05, 0.1) is 0 Å². The number of hydrogen-bond acceptors (Lipinski definition) is 3. The van der Waals surface area contributed by atoms with Crippen molar-refractivity contribution in [2.45, 2.75) is 5.75 Å². The van der Waals surface area contributed by atoms with Gasteiger partial charge in [-0.2, -0.15) is 5.26 Å². The van der Waals surface area contributed by atoms with Gasteiger partial charge in [0.25, 0.3) is 0 Å². The van der Waals surface area contributed by atoms with Gasteiger partial charge in [0.1, 0.15) is 10.6 Å². The van der Waals surface area contributed by atoms with Crippen LogP contribution in [0.5, 0.6) is 0 Å². The summed E-state index contributed by atoms with van der Waals surface area (Å²) in [6, 6.07) is 3.58. The highest BCUT2D eigenvalue weighted by molar-refractivity contribution is 8.02. The second-order valence-electron chi connectivity index (χ2n) is 1.87. The molecule has 56 valence electrons. The minimum Gasteiger partial charge on any atom is -0.244 e.